The lowest BCUT2D eigenvalue weighted by Crippen LogP contribution is -2.28. The molecular weight excluding hydrogens is 298 g/mol. The number of likely N-dealkylation sites (N-methyl/N-ethyl adjacent to an activating group) is 2. The number of hydrogen-bond donors (Lipinski definition) is 0. The molecule has 0 aliphatic rings. The molecule has 0 N–H and O–H groups in total. The first-order valence-electron chi connectivity index (χ1n) is 5.65. The Morgan fingerprint density at radius 2 is 1.94 bits per heavy atom. The average molecular weight is 316 g/mol. The van der Waals surface area contributed by atoms with Crippen molar-refractivity contribution < 1.29 is 4.92 Å². The molecule has 0 saturated carbocycles. The van der Waals surface area contributed by atoms with E-state index in [1.165, 1.54) is 0 Å². The van der Waals surface area contributed by atoms with Crippen LogP contribution in [0.1, 0.15) is 5.56 Å². The van der Waals surface area contributed by atoms with E-state index >= 15 is 0 Å². The van der Waals surface area contributed by atoms with Gasteiger partial charge in [-0.1, -0.05) is 22.0 Å². The lowest BCUT2D eigenvalue weighted by molar-refractivity contribution is -0.384. The van der Waals surface area contributed by atoms with Gasteiger partial charge in [-0.15, -0.1) is 0 Å². The minimum absolute atomic E-state index is 0.160. The van der Waals surface area contributed by atoms with Crippen molar-refractivity contribution in [3.05, 3.63) is 33.9 Å². The van der Waals surface area contributed by atoms with Crippen molar-refractivity contribution in [1.82, 2.24) is 4.90 Å². The highest BCUT2D eigenvalue weighted by molar-refractivity contribution is 9.08. The van der Waals surface area contributed by atoms with E-state index < -0.39 is 0 Å². The molecule has 0 aliphatic heterocycles. The smallest absolute Gasteiger partial charge is 0.292 e. The van der Waals surface area contributed by atoms with Crippen LogP contribution in [0, 0.1) is 10.1 Å². The number of nitro groups is 1. The summed E-state index contributed by atoms with van der Waals surface area (Å²) in [5.41, 5.74) is 1.73. The molecule has 0 heterocycles. The quantitative estimate of drug-likeness (QED) is 0.460. The van der Waals surface area contributed by atoms with Gasteiger partial charge in [0.2, 0.25) is 0 Å². The van der Waals surface area contributed by atoms with Gasteiger partial charge in [0.25, 0.3) is 5.69 Å². The largest absolute Gasteiger partial charge is 0.368 e. The lowest BCUT2D eigenvalue weighted by atomic mass is 10.2. The molecule has 0 atom stereocenters. The standard InChI is InChI=1S/C12H18BrN3O2/c1-14(2)6-7-15(3)11-5-4-10(9-13)8-12(11)16(17)18/h4-5,8H,6-7,9H2,1-3H3. The number of nitro benzene ring substituents is 1. The van der Waals surface area contributed by atoms with E-state index in [9.17, 15) is 10.1 Å². The van der Waals surface area contributed by atoms with Crippen LogP contribution < -0.4 is 4.90 Å². The zero-order valence-electron chi connectivity index (χ0n) is 10.9. The predicted molar refractivity (Wildman–Crippen MR) is 77.6 cm³/mol. The fourth-order valence-electron chi connectivity index (χ4n) is 1.59. The predicted octanol–water partition coefficient (Wildman–Crippen LogP) is 2.49. The number of halogens is 1. The van der Waals surface area contributed by atoms with Gasteiger partial charge in [-0.25, -0.2) is 0 Å². The monoisotopic (exact) mass is 315 g/mol. The first-order valence-corrected chi connectivity index (χ1v) is 6.77. The van der Waals surface area contributed by atoms with Crippen LogP contribution in [0.3, 0.4) is 0 Å². The number of anilines is 1. The van der Waals surface area contributed by atoms with Crippen LogP contribution in [0.25, 0.3) is 0 Å². The highest BCUT2D eigenvalue weighted by atomic mass is 79.9. The van der Waals surface area contributed by atoms with E-state index in [4.69, 9.17) is 0 Å². The molecule has 0 radical (unpaired) electrons. The summed E-state index contributed by atoms with van der Waals surface area (Å²) in [5, 5.41) is 11.7. The van der Waals surface area contributed by atoms with Crippen molar-refractivity contribution in [2.24, 2.45) is 0 Å². The van der Waals surface area contributed by atoms with Gasteiger partial charge in [-0.3, -0.25) is 10.1 Å². The molecule has 0 bridgehead atoms. The highest BCUT2D eigenvalue weighted by Gasteiger charge is 2.17. The second-order valence-corrected chi connectivity index (χ2v) is 5.00. The van der Waals surface area contributed by atoms with Crippen molar-refractivity contribution in [2.75, 3.05) is 39.1 Å². The second kappa shape index (κ2) is 6.70. The first kappa shape index (κ1) is 14.9. The summed E-state index contributed by atoms with van der Waals surface area (Å²) in [7, 11) is 5.84. The zero-order valence-corrected chi connectivity index (χ0v) is 12.5. The summed E-state index contributed by atoms with van der Waals surface area (Å²) in [6.45, 7) is 1.61. The maximum absolute atomic E-state index is 11.1. The SMILES string of the molecule is CN(C)CCN(C)c1ccc(CBr)cc1[N+](=O)[O-]. The average Bonchev–Trinajstić information content (AvgIpc) is 2.34. The van der Waals surface area contributed by atoms with Gasteiger partial charge in [0, 0.05) is 31.5 Å². The molecule has 1 aromatic carbocycles. The zero-order chi connectivity index (χ0) is 13.7. The Morgan fingerprint density at radius 1 is 1.28 bits per heavy atom. The fourth-order valence-corrected chi connectivity index (χ4v) is 1.94. The third-order valence-corrected chi connectivity index (χ3v) is 3.33. The van der Waals surface area contributed by atoms with Crippen molar-refractivity contribution in [3.8, 4) is 0 Å². The minimum atomic E-state index is -0.326. The van der Waals surface area contributed by atoms with E-state index in [1.807, 2.05) is 38.2 Å². The summed E-state index contributed by atoms with van der Waals surface area (Å²) in [4.78, 5) is 14.7. The lowest BCUT2D eigenvalue weighted by Gasteiger charge is -2.21. The van der Waals surface area contributed by atoms with Crippen LogP contribution in [0.2, 0.25) is 0 Å². The second-order valence-electron chi connectivity index (χ2n) is 4.44. The molecule has 5 nitrogen and oxygen atoms in total. The van der Waals surface area contributed by atoms with Gasteiger partial charge in [0.05, 0.1) is 4.92 Å². The van der Waals surface area contributed by atoms with E-state index in [0.29, 0.717) is 11.0 Å². The van der Waals surface area contributed by atoms with Gasteiger partial charge in [0.1, 0.15) is 5.69 Å². The normalized spacial score (nSPS) is 10.7. The third-order valence-electron chi connectivity index (χ3n) is 2.68. The Bertz CT molecular complexity index is 424. The van der Waals surface area contributed by atoms with E-state index in [0.717, 1.165) is 18.7 Å². The molecular formula is C12H18BrN3O2. The first-order chi connectivity index (χ1) is 8.45. The maximum Gasteiger partial charge on any atom is 0.292 e. The molecule has 0 fully saturated rings. The highest BCUT2D eigenvalue weighted by Crippen LogP contribution is 2.29. The van der Waals surface area contributed by atoms with E-state index in [1.54, 1.807) is 6.07 Å². The van der Waals surface area contributed by atoms with Crippen LogP contribution in [0.5, 0.6) is 0 Å². The number of nitrogens with zero attached hydrogens (tertiary/aromatic N) is 3. The summed E-state index contributed by atoms with van der Waals surface area (Å²) >= 11 is 3.31. The Labute approximate surface area is 116 Å². The number of benzene rings is 1. The molecule has 1 aromatic rings. The summed E-state index contributed by atoms with van der Waals surface area (Å²) in [5.74, 6) is 0. The van der Waals surface area contributed by atoms with E-state index in [2.05, 4.69) is 20.8 Å². The fraction of sp³-hybridized carbons (Fsp3) is 0.500. The third kappa shape index (κ3) is 3.96. The van der Waals surface area contributed by atoms with Crippen molar-refractivity contribution in [2.45, 2.75) is 5.33 Å². The maximum atomic E-state index is 11.1. The van der Waals surface area contributed by atoms with Gasteiger partial charge >= 0.3 is 0 Å². The summed E-state index contributed by atoms with van der Waals surface area (Å²) in [6.07, 6.45) is 0. The molecule has 0 saturated heterocycles. The van der Waals surface area contributed by atoms with Gasteiger partial charge in [0.15, 0.2) is 0 Å². The van der Waals surface area contributed by atoms with Crippen LogP contribution in [0.4, 0.5) is 11.4 Å². The number of rotatable bonds is 6. The minimum Gasteiger partial charge on any atom is -0.368 e. The Balaban J connectivity index is 2.96. The topological polar surface area (TPSA) is 49.6 Å². The van der Waals surface area contributed by atoms with Crippen LogP contribution in [-0.4, -0.2) is 44.1 Å². The van der Waals surface area contributed by atoms with Crippen LogP contribution in [0.15, 0.2) is 18.2 Å². The number of alkyl halides is 1. The summed E-state index contributed by atoms with van der Waals surface area (Å²) in [6, 6.07) is 5.34. The van der Waals surface area contributed by atoms with Crippen molar-refractivity contribution in [3.63, 3.8) is 0 Å². The van der Waals surface area contributed by atoms with E-state index in [-0.39, 0.29) is 10.6 Å². The molecule has 0 unspecified atom stereocenters. The Morgan fingerprint density at radius 3 is 2.44 bits per heavy atom. The molecule has 18 heavy (non-hydrogen) atoms. The van der Waals surface area contributed by atoms with Gasteiger partial charge in [-0.2, -0.15) is 0 Å². The Hall–Kier alpha value is -1.14. The van der Waals surface area contributed by atoms with Crippen molar-refractivity contribution in [1.29, 1.82) is 0 Å². The molecule has 0 spiro atoms. The molecule has 6 heteroatoms. The number of hydrogen-bond acceptors (Lipinski definition) is 4. The van der Waals surface area contributed by atoms with Crippen molar-refractivity contribution >= 4 is 27.3 Å². The molecule has 0 aromatic heterocycles. The Kier molecular flexibility index (Phi) is 5.55. The molecule has 100 valence electrons. The molecule has 0 amide bonds. The summed E-state index contributed by atoms with van der Waals surface area (Å²) < 4.78 is 0. The van der Waals surface area contributed by atoms with Gasteiger partial charge < -0.3 is 9.80 Å². The molecule has 0 aliphatic carbocycles. The van der Waals surface area contributed by atoms with Crippen LogP contribution >= 0.6 is 15.9 Å². The molecule has 1 rings (SSSR count). The van der Waals surface area contributed by atoms with Crippen LogP contribution in [-0.2, 0) is 5.33 Å². The van der Waals surface area contributed by atoms with Gasteiger partial charge in [-0.05, 0) is 25.7 Å².